The molecule has 0 atom stereocenters. The van der Waals surface area contributed by atoms with E-state index in [4.69, 9.17) is 0 Å². The maximum absolute atomic E-state index is 13.2. The van der Waals surface area contributed by atoms with Crippen LogP contribution in [-0.2, 0) is 4.79 Å². The summed E-state index contributed by atoms with van der Waals surface area (Å²) in [4.78, 5) is 28.4. The van der Waals surface area contributed by atoms with Crippen LogP contribution in [0.1, 0.15) is 10.4 Å². The molecule has 0 unspecified atom stereocenters. The number of piperazine rings is 1. The average molecular weight is 467 g/mol. The van der Waals surface area contributed by atoms with Crippen molar-refractivity contribution >= 4 is 40.1 Å². The van der Waals surface area contributed by atoms with Gasteiger partial charge in [-0.2, -0.15) is 0 Å². The van der Waals surface area contributed by atoms with Crippen molar-refractivity contribution in [2.24, 2.45) is 0 Å². The number of rotatable bonds is 4. The summed E-state index contributed by atoms with van der Waals surface area (Å²) in [5.41, 5.74) is 1.13. The van der Waals surface area contributed by atoms with Gasteiger partial charge in [-0.15, -0.1) is 0 Å². The molecule has 0 aliphatic carbocycles. The van der Waals surface area contributed by atoms with Gasteiger partial charge in [-0.05, 0) is 65.1 Å². The summed E-state index contributed by atoms with van der Waals surface area (Å²) in [7, 11) is 0. The summed E-state index contributed by atoms with van der Waals surface area (Å²) >= 11 is 2.21. The first-order valence-electron chi connectivity index (χ1n) is 8.34. The van der Waals surface area contributed by atoms with Crippen molar-refractivity contribution < 1.29 is 14.0 Å². The molecule has 5 nitrogen and oxygen atoms in total. The van der Waals surface area contributed by atoms with E-state index in [0.717, 1.165) is 3.57 Å². The maximum atomic E-state index is 13.2. The minimum atomic E-state index is -0.384. The van der Waals surface area contributed by atoms with Crippen LogP contribution in [-0.4, -0.2) is 54.3 Å². The van der Waals surface area contributed by atoms with E-state index in [0.29, 0.717) is 37.4 Å². The van der Waals surface area contributed by atoms with E-state index in [-0.39, 0.29) is 24.2 Å². The standard InChI is InChI=1S/C19H19FIN3O2/c20-15-2-1-3-17(12-15)22-18(25)13-23-8-10-24(11-9-23)19(26)14-4-6-16(21)7-5-14/h1-7,12H,8-11,13H2,(H,22,25). The van der Waals surface area contributed by atoms with E-state index < -0.39 is 0 Å². The number of anilines is 1. The molecule has 0 radical (unpaired) electrons. The van der Waals surface area contributed by atoms with Crippen molar-refractivity contribution in [2.45, 2.75) is 0 Å². The second-order valence-electron chi connectivity index (χ2n) is 6.13. The second-order valence-corrected chi connectivity index (χ2v) is 7.38. The lowest BCUT2D eigenvalue weighted by Crippen LogP contribution is -2.50. The molecule has 2 aromatic carbocycles. The van der Waals surface area contributed by atoms with E-state index >= 15 is 0 Å². The molecule has 7 heteroatoms. The molecule has 0 spiro atoms. The summed E-state index contributed by atoms with van der Waals surface area (Å²) in [6.45, 7) is 2.65. The van der Waals surface area contributed by atoms with E-state index in [1.807, 2.05) is 34.1 Å². The van der Waals surface area contributed by atoms with Crippen LogP contribution < -0.4 is 5.32 Å². The number of amides is 2. The van der Waals surface area contributed by atoms with E-state index in [9.17, 15) is 14.0 Å². The molecule has 1 fully saturated rings. The predicted molar refractivity (Wildman–Crippen MR) is 107 cm³/mol. The largest absolute Gasteiger partial charge is 0.336 e. The Balaban J connectivity index is 1.48. The first-order chi connectivity index (χ1) is 12.5. The molecule has 0 aromatic heterocycles. The van der Waals surface area contributed by atoms with Crippen LogP contribution in [0.5, 0.6) is 0 Å². The van der Waals surface area contributed by atoms with Crippen LogP contribution in [0.3, 0.4) is 0 Å². The highest BCUT2D eigenvalue weighted by Crippen LogP contribution is 2.12. The Bertz CT molecular complexity index is 790. The molecule has 1 heterocycles. The van der Waals surface area contributed by atoms with E-state index in [1.54, 1.807) is 12.1 Å². The van der Waals surface area contributed by atoms with Gasteiger partial charge in [-0.25, -0.2) is 4.39 Å². The first kappa shape index (κ1) is 18.8. The van der Waals surface area contributed by atoms with E-state index in [2.05, 4.69) is 27.9 Å². The predicted octanol–water partition coefficient (Wildman–Crippen LogP) is 2.83. The highest BCUT2D eigenvalue weighted by molar-refractivity contribution is 14.1. The Hall–Kier alpha value is -2.00. The third-order valence-electron chi connectivity index (χ3n) is 4.23. The Morgan fingerprint density at radius 2 is 1.73 bits per heavy atom. The monoisotopic (exact) mass is 467 g/mol. The van der Waals surface area contributed by atoms with Crippen LogP contribution in [0.2, 0.25) is 0 Å². The van der Waals surface area contributed by atoms with Gasteiger partial charge in [0.2, 0.25) is 5.91 Å². The van der Waals surface area contributed by atoms with Crippen molar-refractivity contribution in [1.82, 2.24) is 9.80 Å². The minimum absolute atomic E-state index is 0.0188. The number of nitrogens with zero attached hydrogens (tertiary/aromatic N) is 2. The topological polar surface area (TPSA) is 52.7 Å². The summed E-state index contributed by atoms with van der Waals surface area (Å²) < 4.78 is 14.2. The number of carbonyl (C=O) groups excluding carboxylic acids is 2. The zero-order valence-electron chi connectivity index (χ0n) is 14.1. The summed E-state index contributed by atoms with van der Waals surface area (Å²) in [5, 5.41) is 2.69. The minimum Gasteiger partial charge on any atom is -0.336 e. The van der Waals surface area contributed by atoms with Gasteiger partial charge >= 0.3 is 0 Å². The molecule has 1 aliphatic rings. The highest BCUT2D eigenvalue weighted by atomic mass is 127. The molecule has 1 aliphatic heterocycles. The zero-order valence-corrected chi connectivity index (χ0v) is 16.3. The number of nitrogens with one attached hydrogen (secondary N) is 1. The Morgan fingerprint density at radius 3 is 2.38 bits per heavy atom. The molecular weight excluding hydrogens is 448 g/mol. The van der Waals surface area contributed by atoms with Crippen LogP contribution in [0.4, 0.5) is 10.1 Å². The van der Waals surface area contributed by atoms with Gasteiger partial charge in [-0.1, -0.05) is 6.07 Å². The third kappa shape index (κ3) is 5.01. The average Bonchev–Trinajstić information content (AvgIpc) is 2.62. The number of benzene rings is 2. The molecule has 1 N–H and O–H groups in total. The zero-order chi connectivity index (χ0) is 18.5. The Labute approximate surface area is 165 Å². The smallest absolute Gasteiger partial charge is 0.253 e. The van der Waals surface area contributed by atoms with Gasteiger partial charge in [-0.3, -0.25) is 14.5 Å². The lowest BCUT2D eigenvalue weighted by molar-refractivity contribution is -0.117. The van der Waals surface area contributed by atoms with Gasteiger partial charge < -0.3 is 10.2 Å². The van der Waals surface area contributed by atoms with Crippen LogP contribution >= 0.6 is 22.6 Å². The molecule has 3 rings (SSSR count). The van der Waals surface area contributed by atoms with E-state index in [1.165, 1.54) is 12.1 Å². The lowest BCUT2D eigenvalue weighted by atomic mass is 10.2. The Kier molecular flexibility index (Phi) is 6.20. The highest BCUT2D eigenvalue weighted by Gasteiger charge is 2.23. The molecule has 136 valence electrons. The van der Waals surface area contributed by atoms with Crippen molar-refractivity contribution in [3.05, 3.63) is 63.5 Å². The lowest BCUT2D eigenvalue weighted by Gasteiger charge is -2.34. The number of carbonyl (C=O) groups is 2. The van der Waals surface area contributed by atoms with Crippen LogP contribution in [0, 0.1) is 9.39 Å². The van der Waals surface area contributed by atoms with Gasteiger partial charge in [0, 0.05) is 41.0 Å². The van der Waals surface area contributed by atoms with Crippen molar-refractivity contribution in [1.29, 1.82) is 0 Å². The van der Waals surface area contributed by atoms with Crippen LogP contribution in [0.15, 0.2) is 48.5 Å². The fourth-order valence-corrected chi connectivity index (χ4v) is 3.21. The van der Waals surface area contributed by atoms with Gasteiger partial charge in [0.1, 0.15) is 5.82 Å². The summed E-state index contributed by atoms with van der Waals surface area (Å²) in [6, 6.07) is 13.3. The van der Waals surface area contributed by atoms with Crippen molar-refractivity contribution in [3.63, 3.8) is 0 Å². The molecule has 2 amide bonds. The first-order valence-corrected chi connectivity index (χ1v) is 9.42. The van der Waals surface area contributed by atoms with Gasteiger partial charge in [0.15, 0.2) is 0 Å². The fraction of sp³-hybridized carbons (Fsp3) is 0.263. The van der Waals surface area contributed by atoms with Crippen LogP contribution in [0.25, 0.3) is 0 Å². The number of halogens is 2. The molecule has 2 aromatic rings. The second kappa shape index (κ2) is 8.59. The molecule has 0 bridgehead atoms. The van der Waals surface area contributed by atoms with Crippen molar-refractivity contribution in [3.8, 4) is 0 Å². The molecule has 0 saturated carbocycles. The number of hydrogen-bond acceptors (Lipinski definition) is 3. The van der Waals surface area contributed by atoms with Gasteiger partial charge in [0.05, 0.1) is 6.54 Å². The van der Waals surface area contributed by atoms with Crippen molar-refractivity contribution in [2.75, 3.05) is 38.0 Å². The Morgan fingerprint density at radius 1 is 1.04 bits per heavy atom. The number of hydrogen-bond donors (Lipinski definition) is 1. The quantitative estimate of drug-likeness (QED) is 0.704. The molecule has 1 saturated heterocycles. The maximum Gasteiger partial charge on any atom is 0.253 e. The fourth-order valence-electron chi connectivity index (χ4n) is 2.85. The summed E-state index contributed by atoms with van der Waals surface area (Å²) in [6.07, 6.45) is 0. The molecule has 26 heavy (non-hydrogen) atoms. The SMILES string of the molecule is O=C(CN1CCN(C(=O)c2ccc(I)cc2)CC1)Nc1cccc(F)c1. The van der Waals surface area contributed by atoms with Gasteiger partial charge in [0.25, 0.3) is 5.91 Å². The summed E-state index contributed by atoms with van der Waals surface area (Å²) in [5.74, 6) is -0.552. The normalized spacial score (nSPS) is 14.9. The molecular formula is C19H19FIN3O2. The third-order valence-corrected chi connectivity index (χ3v) is 4.95.